The maximum Gasteiger partial charge on any atom is 0.322 e. The first-order valence-electron chi connectivity index (χ1n) is 10.6. The van der Waals surface area contributed by atoms with Gasteiger partial charge in [0.25, 0.3) is 0 Å². The zero-order valence-electron chi connectivity index (χ0n) is 18.1. The van der Waals surface area contributed by atoms with E-state index < -0.39 is 0 Å². The molecule has 3 heterocycles. The second kappa shape index (κ2) is 8.87. The van der Waals surface area contributed by atoms with Crippen LogP contribution in [-0.4, -0.2) is 44.9 Å². The lowest BCUT2D eigenvalue weighted by molar-refractivity contribution is 0.204. The lowest BCUT2D eigenvalue weighted by Crippen LogP contribution is -2.21. The Bertz CT molecular complexity index is 994. The van der Waals surface area contributed by atoms with Crippen molar-refractivity contribution in [3.8, 4) is 11.8 Å². The average molecular weight is 411 g/mol. The highest BCUT2D eigenvalue weighted by atomic mass is 16.5. The minimum atomic E-state index is 0.0888. The highest BCUT2D eigenvalue weighted by Crippen LogP contribution is 2.25. The molecule has 2 aromatic heterocycles. The summed E-state index contributed by atoms with van der Waals surface area (Å²) in [5.74, 6) is 1.76. The normalized spacial score (nSPS) is 16.5. The molecule has 1 aliphatic heterocycles. The number of hydrogen-bond acceptors (Lipinski definition) is 7. The summed E-state index contributed by atoms with van der Waals surface area (Å²) in [6.07, 6.45) is 3.01. The molecule has 0 amide bonds. The summed E-state index contributed by atoms with van der Waals surface area (Å²) in [7, 11) is 0. The zero-order valence-corrected chi connectivity index (χ0v) is 18.1. The fourth-order valence-corrected chi connectivity index (χ4v) is 3.52. The largest absolute Gasteiger partial charge is 0.491 e. The van der Waals surface area contributed by atoms with Crippen molar-refractivity contribution in [2.24, 2.45) is 0 Å². The van der Waals surface area contributed by atoms with Crippen molar-refractivity contribution in [3.63, 3.8) is 0 Å². The van der Waals surface area contributed by atoms with Crippen LogP contribution in [0.15, 0.2) is 30.5 Å². The molecule has 0 unspecified atom stereocenters. The van der Waals surface area contributed by atoms with E-state index in [0.29, 0.717) is 24.4 Å². The van der Waals surface area contributed by atoms with E-state index in [1.807, 2.05) is 44.3 Å². The number of para-hydroxylation sites is 1. The van der Waals surface area contributed by atoms with Gasteiger partial charge in [-0.25, -0.2) is 0 Å². The van der Waals surface area contributed by atoms with Crippen molar-refractivity contribution in [1.29, 1.82) is 0 Å². The van der Waals surface area contributed by atoms with Crippen LogP contribution in [0.4, 0.5) is 5.95 Å². The van der Waals surface area contributed by atoms with Gasteiger partial charge in [0.2, 0.25) is 5.95 Å². The van der Waals surface area contributed by atoms with Gasteiger partial charge in [-0.2, -0.15) is 19.6 Å². The predicted molar refractivity (Wildman–Crippen MR) is 116 cm³/mol. The highest BCUT2D eigenvalue weighted by Gasteiger charge is 2.21. The summed E-state index contributed by atoms with van der Waals surface area (Å²) in [6.45, 7) is 10.6. The Kier molecular flexibility index (Phi) is 6.03. The monoisotopic (exact) mass is 410 g/mol. The molecule has 1 aromatic carbocycles. The van der Waals surface area contributed by atoms with Gasteiger partial charge >= 0.3 is 6.01 Å². The molecule has 1 saturated heterocycles. The SMILES string of the molecule is CC(C)Oc1ccccc1CNc1nc(O[C@@H]2CCNC2)nc2c(C(C)C)cnn12. The summed E-state index contributed by atoms with van der Waals surface area (Å²) in [4.78, 5) is 9.30. The number of hydrogen-bond donors (Lipinski definition) is 2. The van der Waals surface area contributed by atoms with Crippen LogP contribution in [0, 0.1) is 0 Å². The third-order valence-electron chi connectivity index (χ3n) is 5.06. The fraction of sp³-hybridized carbons (Fsp3) is 0.500. The molecule has 1 fully saturated rings. The quantitative estimate of drug-likeness (QED) is 0.589. The van der Waals surface area contributed by atoms with E-state index in [9.17, 15) is 0 Å². The average Bonchev–Trinajstić information content (AvgIpc) is 3.36. The molecule has 30 heavy (non-hydrogen) atoms. The molecule has 160 valence electrons. The Balaban J connectivity index is 1.64. The zero-order chi connectivity index (χ0) is 21.1. The van der Waals surface area contributed by atoms with Crippen LogP contribution < -0.4 is 20.1 Å². The summed E-state index contributed by atoms with van der Waals surface area (Å²) < 4.78 is 13.8. The number of fused-ring (bicyclic) bond motifs is 1. The van der Waals surface area contributed by atoms with Gasteiger partial charge in [-0.15, -0.1) is 0 Å². The smallest absolute Gasteiger partial charge is 0.322 e. The fourth-order valence-electron chi connectivity index (χ4n) is 3.52. The topological polar surface area (TPSA) is 85.6 Å². The van der Waals surface area contributed by atoms with Crippen LogP contribution in [0.3, 0.4) is 0 Å². The maximum atomic E-state index is 6.07. The number of ether oxygens (including phenoxy) is 2. The van der Waals surface area contributed by atoms with Gasteiger partial charge in [0.05, 0.1) is 12.3 Å². The molecule has 4 rings (SSSR count). The molecule has 1 atom stereocenters. The Hall–Kier alpha value is -2.87. The second-order valence-electron chi connectivity index (χ2n) is 8.18. The van der Waals surface area contributed by atoms with Crippen molar-refractivity contribution in [2.75, 3.05) is 18.4 Å². The molecule has 0 radical (unpaired) electrons. The van der Waals surface area contributed by atoms with Gasteiger partial charge in [-0.1, -0.05) is 32.0 Å². The molecule has 0 aliphatic carbocycles. The summed E-state index contributed by atoms with van der Waals surface area (Å²) in [6, 6.07) is 8.40. The van der Waals surface area contributed by atoms with Crippen LogP contribution in [0.5, 0.6) is 11.8 Å². The van der Waals surface area contributed by atoms with Crippen molar-refractivity contribution in [2.45, 2.75) is 58.8 Å². The van der Waals surface area contributed by atoms with Crippen LogP contribution in [0.25, 0.3) is 5.65 Å². The second-order valence-corrected chi connectivity index (χ2v) is 8.18. The number of benzene rings is 1. The lowest BCUT2D eigenvalue weighted by atomic mass is 10.1. The first-order valence-corrected chi connectivity index (χ1v) is 10.6. The number of nitrogens with zero attached hydrogens (tertiary/aromatic N) is 4. The summed E-state index contributed by atoms with van der Waals surface area (Å²) in [5.41, 5.74) is 2.89. The highest BCUT2D eigenvalue weighted by molar-refractivity contribution is 5.53. The van der Waals surface area contributed by atoms with Gasteiger partial charge in [-0.3, -0.25) is 0 Å². The molecule has 1 aliphatic rings. The Labute approximate surface area is 177 Å². The van der Waals surface area contributed by atoms with Gasteiger partial charge < -0.3 is 20.1 Å². The van der Waals surface area contributed by atoms with E-state index in [1.165, 1.54) is 0 Å². The predicted octanol–water partition coefficient (Wildman–Crippen LogP) is 3.39. The summed E-state index contributed by atoms with van der Waals surface area (Å²) >= 11 is 0. The maximum absolute atomic E-state index is 6.07. The molecule has 8 heteroatoms. The third-order valence-corrected chi connectivity index (χ3v) is 5.06. The van der Waals surface area contributed by atoms with E-state index >= 15 is 0 Å². The lowest BCUT2D eigenvalue weighted by Gasteiger charge is -2.16. The van der Waals surface area contributed by atoms with E-state index in [0.717, 1.165) is 42.0 Å². The number of aromatic nitrogens is 4. The first-order chi connectivity index (χ1) is 14.5. The van der Waals surface area contributed by atoms with E-state index in [2.05, 4.69) is 39.5 Å². The van der Waals surface area contributed by atoms with Gasteiger partial charge in [-0.05, 0) is 38.8 Å². The number of anilines is 1. The van der Waals surface area contributed by atoms with Crippen molar-refractivity contribution < 1.29 is 9.47 Å². The molecule has 0 bridgehead atoms. The van der Waals surface area contributed by atoms with E-state index in [4.69, 9.17) is 9.47 Å². The Morgan fingerprint density at radius 2 is 2.03 bits per heavy atom. The summed E-state index contributed by atoms with van der Waals surface area (Å²) in [5, 5.41) is 11.2. The van der Waals surface area contributed by atoms with E-state index in [-0.39, 0.29) is 12.2 Å². The van der Waals surface area contributed by atoms with Crippen molar-refractivity contribution in [3.05, 3.63) is 41.6 Å². The molecule has 8 nitrogen and oxygen atoms in total. The number of rotatable bonds is 8. The van der Waals surface area contributed by atoms with Crippen LogP contribution in [0.1, 0.15) is 51.2 Å². The molecule has 0 spiro atoms. The van der Waals surface area contributed by atoms with Gasteiger partial charge in [0.15, 0.2) is 5.65 Å². The molecule has 3 aromatic rings. The molecular formula is C22H30N6O2. The van der Waals surface area contributed by atoms with Gasteiger partial charge in [0.1, 0.15) is 11.9 Å². The minimum absolute atomic E-state index is 0.0888. The Morgan fingerprint density at radius 3 is 2.77 bits per heavy atom. The minimum Gasteiger partial charge on any atom is -0.491 e. The molecule has 0 saturated carbocycles. The van der Waals surface area contributed by atoms with Crippen molar-refractivity contribution >= 4 is 11.6 Å². The Morgan fingerprint density at radius 1 is 1.20 bits per heavy atom. The molecular weight excluding hydrogens is 380 g/mol. The first kappa shape index (κ1) is 20.4. The standard InChI is InChI=1S/C22H30N6O2/c1-14(2)18-13-25-28-20(18)26-22(30-17-9-10-23-12-17)27-21(28)24-11-16-7-5-6-8-19(16)29-15(3)4/h5-8,13-15,17,23H,9-12H2,1-4H3,(H,24,26,27)/t17-/m1/s1. The number of nitrogens with one attached hydrogen (secondary N) is 2. The van der Waals surface area contributed by atoms with Gasteiger partial charge in [0, 0.05) is 24.2 Å². The third kappa shape index (κ3) is 4.48. The van der Waals surface area contributed by atoms with Crippen LogP contribution in [-0.2, 0) is 6.54 Å². The van der Waals surface area contributed by atoms with Crippen LogP contribution >= 0.6 is 0 Å². The molecule has 2 N–H and O–H groups in total. The van der Waals surface area contributed by atoms with Crippen molar-refractivity contribution in [1.82, 2.24) is 24.9 Å². The van der Waals surface area contributed by atoms with E-state index in [1.54, 1.807) is 4.52 Å². The van der Waals surface area contributed by atoms with Crippen LogP contribution in [0.2, 0.25) is 0 Å².